The Balaban J connectivity index is 1.94. The lowest BCUT2D eigenvalue weighted by Gasteiger charge is -2.14. The first-order chi connectivity index (χ1) is 8.87. The van der Waals surface area contributed by atoms with E-state index in [4.69, 9.17) is 11.6 Å². The summed E-state index contributed by atoms with van der Waals surface area (Å²) in [5.41, 5.74) is 0.876. The van der Waals surface area contributed by atoms with Crippen molar-refractivity contribution in [2.24, 2.45) is 0 Å². The van der Waals surface area contributed by atoms with E-state index in [0.29, 0.717) is 6.54 Å². The minimum absolute atomic E-state index is 0.00746. The average Bonchev–Trinajstić information content (AvgIpc) is 2.60. The molecule has 2 rings (SSSR count). The lowest BCUT2D eigenvalue weighted by molar-refractivity contribution is -0.384. The van der Waals surface area contributed by atoms with Crippen LogP contribution >= 0.6 is 11.6 Å². The molecule has 1 N–H and O–H groups in total. The summed E-state index contributed by atoms with van der Waals surface area (Å²) >= 11 is 5.96. The number of non-ortho nitro benzene ring substituents is 1. The third-order valence-corrected chi connectivity index (χ3v) is 5.37. The molecule has 1 fully saturated rings. The minimum Gasteiger partial charge on any atom is -0.307 e. The Morgan fingerprint density at radius 3 is 2.42 bits per heavy atom. The highest BCUT2D eigenvalue weighted by Gasteiger charge is 2.35. The molecule has 2 atom stereocenters. The molecule has 0 amide bonds. The fourth-order valence-corrected chi connectivity index (χ4v) is 4.59. The van der Waals surface area contributed by atoms with Crippen molar-refractivity contribution in [3.63, 3.8) is 0 Å². The number of nitrogens with zero attached hydrogens (tertiary/aromatic N) is 1. The molecule has 19 heavy (non-hydrogen) atoms. The lowest BCUT2D eigenvalue weighted by atomic mass is 10.2. The highest BCUT2D eigenvalue weighted by molar-refractivity contribution is 7.91. The molecule has 0 saturated carbocycles. The van der Waals surface area contributed by atoms with E-state index < -0.39 is 20.1 Å². The monoisotopic (exact) mass is 304 g/mol. The summed E-state index contributed by atoms with van der Waals surface area (Å²) in [6.07, 6.45) is 0. The van der Waals surface area contributed by atoms with E-state index in [2.05, 4.69) is 5.32 Å². The summed E-state index contributed by atoms with van der Waals surface area (Å²) in [5, 5.41) is 13.1. The van der Waals surface area contributed by atoms with E-state index in [0.717, 1.165) is 5.56 Å². The van der Waals surface area contributed by atoms with Crippen molar-refractivity contribution in [2.45, 2.75) is 18.0 Å². The number of halogens is 1. The minimum atomic E-state index is -3.05. The Hall–Kier alpha value is -1.18. The normalized spacial score (nSPS) is 25.3. The molecule has 6 nitrogen and oxygen atoms in total. The van der Waals surface area contributed by atoms with Gasteiger partial charge in [0.15, 0.2) is 9.84 Å². The molecule has 1 aromatic rings. The number of rotatable bonds is 4. The second-order valence-electron chi connectivity index (χ2n) is 4.50. The van der Waals surface area contributed by atoms with Crippen molar-refractivity contribution >= 4 is 27.1 Å². The van der Waals surface area contributed by atoms with E-state index in [1.54, 1.807) is 12.1 Å². The van der Waals surface area contributed by atoms with Crippen molar-refractivity contribution in [1.29, 1.82) is 0 Å². The van der Waals surface area contributed by atoms with Gasteiger partial charge in [-0.3, -0.25) is 10.1 Å². The number of sulfone groups is 1. The molecule has 1 aliphatic rings. The van der Waals surface area contributed by atoms with Crippen LogP contribution in [0.25, 0.3) is 0 Å². The Labute approximate surface area is 115 Å². The zero-order valence-corrected chi connectivity index (χ0v) is 11.5. The highest BCUT2D eigenvalue weighted by atomic mass is 35.5. The van der Waals surface area contributed by atoms with Crippen LogP contribution < -0.4 is 5.32 Å². The average molecular weight is 305 g/mol. The molecular formula is C11H13ClN2O4S. The number of benzene rings is 1. The van der Waals surface area contributed by atoms with Gasteiger partial charge in [-0.05, 0) is 5.56 Å². The molecule has 0 aliphatic carbocycles. The first-order valence-electron chi connectivity index (χ1n) is 5.68. The molecule has 0 spiro atoms. The Bertz CT molecular complexity index is 573. The molecular weight excluding hydrogens is 292 g/mol. The van der Waals surface area contributed by atoms with Gasteiger partial charge < -0.3 is 5.32 Å². The maximum atomic E-state index is 11.4. The summed E-state index contributed by atoms with van der Waals surface area (Å²) in [6, 6.07) is 5.83. The van der Waals surface area contributed by atoms with Gasteiger partial charge in [-0.1, -0.05) is 12.1 Å². The van der Waals surface area contributed by atoms with Crippen LogP contribution in [0, 0.1) is 10.1 Å². The van der Waals surface area contributed by atoms with Crippen LogP contribution in [0.15, 0.2) is 24.3 Å². The number of nitrogens with one attached hydrogen (secondary N) is 1. The van der Waals surface area contributed by atoms with Gasteiger partial charge in [0.05, 0.1) is 21.8 Å². The fourth-order valence-electron chi connectivity index (χ4n) is 1.98. The second-order valence-corrected chi connectivity index (χ2v) is 7.22. The predicted molar refractivity (Wildman–Crippen MR) is 72.0 cm³/mol. The number of hydrogen-bond donors (Lipinski definition) is 1. The van der Waals surface area contributed by atoms with Crippen LogP contribution in [0.5, 0.6) is 0 Å². The molecule has 0 bridgehead atoms. The molecule has 104 valence electrons. The maximum Gasteiger partial charge on any atom is 0.269 e. The van der Waals surface area contributed by atoms with E-state index in [9.17, 15) is 18.5 Å². The standard InChI is InChI=1S/C11H13ClN2O4S/c12-10-6-19(17,18)7-11(10)13-5-8-1-3-9(4-2-8)14(15)16/h1-4,10-11,13H,5-7H2/t10-,11-/m0/s1. The van der Waals surface area contributed by atoms with Crippen LogP contribution in [0.3, 0.4) is 0 Å². The predicted octanol–water partition coefficient (Wildman–Crippen LogP) is 1.09. The van der Waals surface area contributed by atoms with Crippen molar-refractivity contribution in [1.82, 2.24) is 5.32 Å². The Kier molecular flexibility index (Phi) is 4.07. The van der Waals surface area contributed by atoms with Gasteiger partial charge in [-0.2, -0.15) is 0 Å². The van der Waals surface area contributed by atoms with Crippen molar-refractivity contribution in [2.75, 3.05) is 11.5 Å². The fraction of sp³-hybridized carbons (Fsp3) is 0.455. The third-order valence-electron chi connectivity index (χ3n) is 3.00. The quantitative estimate of drug-likeness (QED) is 0.511. The number of nitro benzene ring substituents is 1. The van der Waals surface area contributed by atoms with Gasteiger partial charge in [0.1, 0.15) is 0 Å². The second kappa shape index (κ2) is 5.44. The van der Waals surface area contributed by atoms with Crippen LogP contribution in [0.4, 0.5) is 5.69 Å². The Morgan fingerprint density at radius 2 is 1.95 bits per heavy atom. The molecule has 8 heteroatoms. The van der Waals surface area contributed by atoms with Crippen LogP contribution in [-0.2, 0) is 16.4 Å². The van der Waals surface area contributed by atoms with Crippen LogP contribution in [0.1, 0.15) is 5.56 Å². The van der Waals surface area contributed by atoms with Crippen molar-refractivity contribution < 1.29 is 13.3 Å². The number of alkyl halides is 1. The van der Waals surface area contributed by atoms with Gasteiger partial charge in [-0.25, -0.2) is 8.42 Å². The first-order valence-corrected chi connectivity index (χ1v) is 7.94. The zero-order chi connectivity index (χ0) is 14.0. The van der Waals surface area contributed by atoms with E-state index in [1.807, 2.05) is 0 Å². The molecule has 1 saturated heterocycles. The molecule has 0 radical (unpaired) electrons. The van der Waals surface area contributed by atoms with Crippen molar-refractivity contribution in [3.8, 4) is 0 Å². The van der Waals surface area contributed by atoms with Crippen LogP contribution in [0.2, 0.25) is 0 Å². The highest BCUT2D eigenvalue weighted by Crippen LogP contribution is 2.19. The molecule has 0 aromatic heterocycles. The Morgan fingerprint density at radius 1 is 1.32 bits per heavy atom. The van der Waals surface area contributed by atoms with Crippen LogP contribution in [-0.4, -0.2) is 36.3 Å². The summed E-state index contributed by atoms with van der Waals surface area (Å²) in [6.45, 7) is 0.432. The number of hydrogen-bond acceptors (Lipinski definition) is 5. The van der Waals surface area contributed by atoms with Gasteiger partial charge in [0.25, 0.3) is 5.69 Å². The summed E-state index contributed by atoms with van der Waals surface area (Å²) in [7, 11) is -3.05. The summed E-state index contributed by atoms with van der Waals surface area (Å²) in [5.74, 6) is 0.0284. The summed E-state index contributed by atoms with van der Waals surface area (Å²) in [4.78, 5) is 10.0. The van der Waals surface area contributed by atoms with Gasteiger partial charge in [-0.15, -0.1) is 11.6 Å². The van der Waals surface area contributed by atoms with Gasteiger partial charge in [0.2, 0.25) is 0 Å². The van der Waals surface area contributed by atoms with Gasteiger partial charge in [0, 0.05) is 24.7 Å². The molecule has 1 aliphatic heterocycles. The topological polar surface area (TPSA) is 89.3 Å². The van der Waals surface area contributed by atoms with Crippen molar-refractivity contribution in [3.05, 3.63) is 39.9 Å². The molecule has 1 heterocycles. The summed E-state index contributed by atoms with van der Waals surface area (Å²) < 4.78 is 22.8. The first kappa shape index (κ1) is 14.2. The van der Waals surface area contributed by atoms with Gasteiger partial charge >= 0.3 is 0 Å². The zero-order valence-electron chi connectivity index (χ0n) is 9.95. The van der Waals surface area contributed by atoms with E-state index in [1.165, 1.54) is 12.1 Å². The third kappa shape index (κ3) is 3.65. The van der Waals surface area contributed by atoms with E-state index in [-0.39, 0.29) is 23.2 Å². The molecule has 1 aromatic carbocycles. The SMILES string of the molecule is O=[N+]([O-])c1ccc(CN[C@H]2CS(=O)(=O)C[C@@H]2Cl)cc1. The molecule has 0 unspecified atom stereocenters. The maximum absolute atomic E-state index is 11.4. The smallest absolute Gasteiger partial charge is 0.269 e. The van der Waals surface area contributed by atoms with E-state index >= 15 is 0 Å². The largest absolute Gasteiger partial charge is 0.307 e. The lowest BCUT2D eigenvalue weighted by Crippen LogP contribution is -2.35. The number of nitro groups is 1.